The first-order valence-corrected chi connectivity index (χ1v) is 21.6. The molecule has 8 aromatic rings. The van der Waals surface area contributed by atoms with Crippen molar-refractivity contribution in [3.05, 3.63) is 162 Å². The van der Waals surface area contributed by atoms with E-state index in [2.05, 4.69) is 218 Å². The highest BCUT2D eigenvalue weighted by molar-refractivity contribution is 7.26. The monoisotopic (exact) mass is 770 g/mol. The van der Waals surface area contributed by atoms with E-state index in [9.17, 15) is 0 Å². The number of hydrogen-bond acceptors (Lipinski definition) is 3. The van der Waals surface area contributed by atoms with E-state index in [-0.39, 0.29) is 23.1 Å². The van der Waals surface area contributed by atoms with Crippen LogP contribution in [0, 0.1) is 0 Å². The lowest BCUT2D eigenvalue weighted by Crippen LogP contribution is -2.61. The Bertz CT molecular complexity index is 2900. The van der Waals surface area contributed by atoms with Crippen molar-refractivity contribution in [1.29, 1.82) is 0 Å². The zero-order chi connectivity index (χ0) is 40.3. The molecule has 0 bridgehead atoms. The molecule has 0 atom stereocenters. The Labute approximate surface area is 348 Å². The van der Waals surface area contributed by atoms with Gasteiger partial charge in [-0.05, 0) is 104 Å². The Balaban J connectivity index is 1.38. The molecule has 0 spiro atoms. The molecular formula is C54H51BN2S. The third-order valence-electron chi connectivity index (χ3n) is 12.5. The van der Waals surface area contributed by atoms with Gasteiger partial charge in [0, 0.05) is 48.4 Å². The summed E-state index contributed by atoms with van der Waals surface area (Å²) in [6, 6.07) is 55.7. The van der Waals surface area contributed by atoms with E-state index >= 15 is 0 Å². The Hall–Kier alpha value is -5.58. The van der Waals surface area contributed by atoms with E-state index in [0.717, 1.165) is 0 Å². The van der Waals surface area contributed by atoms with Gasteiger partial charge in [-0.2, -0.15) is 0 Å². The van der Waals surface area contributed by atoms with Crippen LogP contribution in [-0.4, -0.2) is 6.85 Å². The van der Waals surface area contributed by atoms with Gasteiger partial charge in [-0.1, -0.05) is 159 Å². The van der Waals surface area contributed by atoms with E-state index in [0.29, 0.717) is 0 Å². The minimum atomic E-state index is -0.0821. The molecule has 58 heavy (non-hydrogen) atoms. The fraction of sp³-hybridized carbons (Fsp3) is 0.222. The molecule has 0 N–H and O–H groups in total. The minimum Gasteiger partial charge on any atom is -0.376 e. The molecular weight excluding hydrogens is 719 g/mol. The molecule has 10 rings (SSSR count). The van der Waals surface area contributed by atoms with Gasteiger partial charge in [0.05, 0.1) is 11.4 Å². The summed E-state index contributed by atoms with van der Waals surface area (Å²) in [6.45, 7) is 20.9. The normalized spacial score (nSPS) is 13.8. The summed E-state index contributed by atoms with van der Waals surface area (Å²) >= 11 is 1.90. The molecule has 2 aliphatic heterocycles. The second kappa shape index (κ2) is 13.0. The average Bonchev–Trinajstić information content (AvgIpc) is 3.59. The number of anilines is 5. The molecule has 0 amide bonds. The molecule has 2 nitrogen and oxygen atoms in total. The van der Waals surface area contributed by atoms with Gasteiger partial charge in [-0.25, -0.2) is 0 Å². The van der Waals surface area contributed by atoms with Gasteiger partial charge >= 0.3 is 6.85 Å². The quantitative estimate of drug-likeness (QED) is 0.165. The minimum absolute atomic E-state index is 0.0120. The predicted molar refractivity (Wildman–Crippen MR) is 255 cm³/mol. The standard InChI is InChI=1S/C54H51BN2S/c1-52(2,3)35-23-26-38(27-24-35)57-45-21-15-13-19-39(45)42-32-37(54(7,8)9)33-46-50(42)55(57)43-28-30-48-49(40-20-14-16-22-47(40)58-48)51(43)56(46)44-29-25-36(53(4,5)6)31-41(44)34-17-11-10-12-18-34/h10-33H,1-9H3. The summed E-state index contributed by atoms with van der Waals surface area (Å²) in [6.07, 6.45) is 0. The van der Waals surface area contributed by atoms with Crippen LogP contribution >= 0.6 is 11.3 Å². The lowest BCUT2D eigenvalue weighted by molar-refractivity contribution is 0.590. The summed E-state index contributed by atoms with van der Waals surface area (Å²) in [4.78, 5) is 5.31. The number of rotatable bonds is 3. The second-order valence-electron chi connectivity index (χ2n) is 19.5. The first-order valence-electron chi connectivity index (χ1n) is 20.8. The fourth-order valence-corrected chi connectivity index (χ4v) is 10.5. The van der Waals surface area contributed by atoms with Crippen molar-refractivity contribution in [2.75, 3.05) is 9.71 Å². The molecule has 7 aromatic carbocycles. The molecule has 0 radical (unpaired) electrons. The third-order valence-corrected chi connectivity index (χ3v) is 13.7. The van der Waals surface area contributed by atoms with Crippen LogP contribution in [-0.2, 0) is 16.2 Å². The third kappa shape index (κ3) is 5.75. The molecule has 4 heteroatoms. The number of nitrogens with zero attached hydrogens (tertiary/aromatic N) is 2. The van der Waals surface area contributed by atoms with E-state index < -0.39 is 0 Å². The van der Waals surface area contributed by atoms with Gasteiger partial charge in [0.15, 0.2) is 0 Å². The highest BCUT2D eigenvalue weighted by atomic mass is 32.1. The Morgan fingerprint density at radius 3 is 1.83 bits per heavy atom. The van der Waals surface area contributed by atoms with Gasteiger partial charge in [-0.3, -0.25) is 0 Å². The molecule has 286 valence electrons. The lowest BCUT2D eigenvalue weighted by Gasteiger charge is -2.47. The highest BCUT2D eigenvalue weighted by Gasteiger charge is 2.46. The number of para-hydroxylation sites is 1. The van der Waals surface area contributed by atoms with Gasteiger partial charge in [0.1, 0.15) is 0 Å². The highest BCUT2D eigenvalue weighted by Crippen LogP contribution is 2.53. The van der Waals surface area contributed by atoms with E-state index in [1.807, 2.05) is 11.3 Å². The van der Waals surface area contributed by atoms with Crippen molar-refractivity contribution in [3.63, 3.8) is 0 Å². The van der Waals surface area contributed by atoms with Crippen molar-refractivity contribution in [2.45, 2.75) is 78.6 Å². The molecule has 0 saturated heterocycles. The van der Waals surface area contributed by atoms with E-state index in [1.165, 1.54) is 98.5 Å². The molecule has 1 aromatic heterocycles. The smallest absolute Gasteiger partial charge is 0.333 e. The van der Waals surface area contributed by atoms with Gasteiger partial charge < -0.3 is 9.71 Å². The van der Waals surface area contributed by atoms with Crippen LogP contribution < -0.4 is 20.6 Å². The molecule has 3 heterocycles. The van der Waals surface area contributed by atoms with Crippen molar-refractivity contribution in [2.24, 2.45) is 0 Å². The van der Waals surface area contributed by atoms with Gasteiger partial charge in [0.25, 0.3) is 0 Å². The predicted octanol–water partition coefficient (Wildman–Crippen LogP) is 14.3. The van der Waals surface area contributed by atoms with Gasteiger partial charge in [-0.15, -0.1) is 11.3 Å². The average molecular weight is 771 g/mol. The van der Waals surface area contributed by atoms with E-state index in [1.54, 1.807) is 0 Å². The van der Waals surface area contributed by atoms with Gasteiger partial charge in [0.2, 0.25) is 0 Å². The zero-order valence-electron chi connectivity index (χ0n) is 35.2. The van der Waals surface area contributed by atoms with Crippen LogP contribution in [0.2, 0.25) is 0 Å². The molecule has 0 unspecified atom stereocenters. The van der Waals surface area contributed by atoms with Crippen LogP contribution in [0.25, 0.3) is 42.4 Å². The lowest BCUT2D eigenvalue weighted by atomic mass is 9.43. The van der Waals surface area contributed by atoms with E-state index in [4.69, 9.17) is 0 Å². The molecule has 0 saturated carbocycles. The first-order chi connectivity index (χ1) is 27.7. The summed E-state index contributed by atoms with van der Waals surface area (Å²) in [7, 11) is 0. The number of hydrogen-bond donors (Lipinski definition) is 0. The van der Waals surface area contributed by atoms with Crippen molar-refractivity contribution < 1.29 is 0 Å². The molecule has 0 fully saturated rings. The maximum atomic E-state index is 2.67. The number of thiophene rings is 1. The van der Waals surface area contributed by atoms with Crippen molar-refractivity contribution in [3.8, 4) is 22.3 Å². The van der Waals surface area contributed by atoms with Crippen LogP contribution in [0.15, 0.2) is 146 Å². The summed E-state index contributed by atoms with van der Waals surface area (Å²) in [5, 5.41) is 2.64. The Morgan fingerprint density at radius 2 is 1.10 bits per heavy atom. The van der Waals surface area contributed by atoms with Crippen LogP contribution in [0.4, 0.5) is 28.4 Å². The summed E-state index contributed by atoms with van der Waals surface area (Å²) in [5.41, 5.74) is 17.9. The second-order valence-corrected chi connectivity index (χ2v) is 20.5. The Morgan fingerprint density at radius 1 is 0.466 bits per heavy atom. The Kier molecular flexibility index (Phi) is 8.21. The zero-order valence-corrected chi connectivity index (χ0v) is 36.1. The maximum Gasteiger partial charge on any atom is 0.333 e. The summed E-state index contributed by atoms with van der Waals surface area (Å²) < 4.78 is 2.63. The van der Waals surface area contributed by atoms with Crippen LogP contribution in [0.3, 0.4) is 0 Å². The van der Waals surface area contributed by atoms with Crippen LogP contribution in [0.5, 0.6) is 0 Å². The maximum absolute atomic E-state index is 2.67. The topological polar surface area (TPSA) is 6.48 Å². The fourth-order valence-electron chi connectivity index (χ4n) is 9.34. The summed E-state index contributed by atoms with van der Waals surface area (Å²) in [5.74, 6) is 0. The number of fused-ring (bicyclic) bond motifs is 8. The SMILES string of the molecule is CC(C)(C)c1ccc(N2B3c4ccc5sc6ccccc6c5c4N(c4ccc(C(C)(C)C)cc4-c4ccccc4)c4cc(C(C)(C)C)cc(c43)-c3ccccc32)cc1. The first kappa shape index (κ1) is 36.7. The number of benzene rings is 7. The van der Waals surface area contributed by atoms with Crippen molar-refractivity contribution in [1.82, 2.24) is 0 Å². The molecule has 2 aliphatic rings. The molecule has 0 aliphatic carbocycles. The largest absolute Gasteiger partial charge is 0.376 e. The van der Waals surface area contributed by atoms with Crippen molar-refractivity contribution >= 4 is 77.7 Å². The van der Waals surface area contributed by atoms with Crippen LogP contribution in [0.1, 0.15) is 79.0 Å².